The van der Waals surface area contributed by atoms with Crippen molar-refractivity contribution in [3.05, 3.63) is 29.6 Å². The Labute approximate surface area is 91.8 Å². The van der Waals surface area contributed by atoms with Gasteiger partial charge in [0.15, 0.2) is 0 Å². The number of amidine groups is 1. The van der Waals surface area contributed by atoms with Gasteiger partial charge in [-0.05, 0) is 12.1 Å². The molecule has 1 rings (SSSR count). The van der Waals surface area contributed by atoms with Gasteiger partial charge in [0, 0.05) is 7.05 Å². The molecule has 0 radical (unpaired) electrons. The summed E-state index contributed by atoms with van der Waals surface area (Å²) in [5.41, 5.74) is 5.46. The van der Waals surface area contributed by atoms with E-state index in [1.807, 2.05) is 0 Å². The summed E-state index contributed by atoms with van der Waals surface area (Å²) < 4.78 is 13.4. The summed E-state index contributed by atoms with van der Waals surface area (Å²) in [6.07, 6.45) is 0. The molecular formula is C10H12FN3O2. The minimum atomic E-state index is -1.04. The molecule has 5 nitrogen and oxygen atoms in total. The molecule has 86 valence electrons. The number of carboxylic acids is 1. The van der Waals surface area contributed by atoms with Crippen LogP contribution in [0.5, 0.6) is 0 Å². The first-order chi connectivity index (χ1) is 7.43. The van der Waals surface area contributed by atoms with Crippen LogP contribution in [0.15, 0.2) is 18.2 Å². The highest BCUT2D eigenvalue weighted by atomic mass is 19.1. The van der Waals surface area contributed by atoms with E-state index in [0.717, 1.165) is 0 Å². The van der Waals surface area contributed by atoms with Gasteiger partial charge in [-0.1, -0.05) is 6.07 Å². The number of nitrogen functional groups attached to an aromatic ring is 1. The van der Waals surface area contributed by atoms with E-state index >= 15 is 0 Å². The summed E-state index contributed by atoms with van der Waals surface area (Å²) in [5.74, 6) is -2.10. The summed E-state index contributed by atoms with van der Waals surface area (Å²) in [7, 11) is 1.50. The molecule has 0 fully saturated rings. The average molecular weight is 225 g/mol. The molecule has 0 aliphatic heterocycles. The van der Waals surface area contributed by atoms with Crippen molar-refractivity contribution in [2.24, 2.45) is 5.73 Å². The van der Waals surface area contributed by atoms with Gasteiger partial charge in [0.05, 0.1) is 11.3 Å². The molecule has 1 aromatic carbocycles. The number of rotatable bonds is 4. The van der Waals surface area contributed by atoms with Crippen molar-refractivity contribution in [1.82, 2.24) is 0 Å². The Kier molecular flexibility index (Phi) is 3.44. The van der Waals surface area contributed by atoms with E-state index in [1.165, 1.54) is 30.1 Å². The highest BCUT2D eigenvalue weighted by Crippen LogP contribution is 2.21. The summed E-state index contributed by atoms with van der Waals surface area (Å²) >= 11 is 0. The number of likely N-dealkylation sites (N-methyl/N-ethyl adjacent to an activating group) is 1. The standard InChI is InChI=1S/C10H12FN3O2/c1-14(5-8(15)16)7-4-2-3-6(11)9(7)10(12)13/h2-4H,5H2,1H3,(H3,12,13)(H,15,16). The SMILES string of the molecule is CN(CC(=O)O)c1cccc(F)c1C(=N)N. The van der Waals surface area contributed by atoms with Crippen molar-refractivity contribution in [2.45, 2.75) is 0 Å². The van der Waals surface area contributed by atoms with Gasteiger partial charge in [-0.3, -0.25) is 10.2 Å². The molecule has 0 amide bonds. The number of halogens is 1. The van der Waals surface area contributed by atoms with Gasteiger partial charge in [0.25, 0.3) is 0 Å². The van der Waals surface area contributed by atoms with Crippen molar-refractivity contribution in [1.29, 1.82) is 5.41 Å². The molecule has 0 atom stereocenters. The first kappa shape index (κ1) is 12.0. The number of anilines is 1. The highest BCUT2D eigenvalue weighted by Gasteiger charge is 2.15. The van der Waals surface area contributed by atoms with Crippen LogP contribution in [0.1, 0.15) is 5.56 Å². The van der Waals surface area contributed by atoms with Crippen molar-refractivity contribution in [3.8, 4) is 0 Å². The maximum absolute atomic E-state index is 13.4. The molecule has 0 spiro atoms. The number of nitrogens with two attached hydrogens (primary N) is 1. The molecule has 1 aromatic rings. The van der Waals surface area contributed by atoms with Crippen LogP contribution in [0.3, 0.4) is 0 Å². The van der Waals surface area contributed by atoms with Gasteiger partial charge >= 0.3 is 5.97 Å². The predicted molar refractivity (Wildman–Crippen MR) is 58.3 cm³/mol. The van der Waals surface area contributed by atoms with Crippen LogP contribution in [-0.4, -0.2) is 30.5 Å². The average Bonchev–Trinajstić information content (AvgIpc) is 2.15. The van der Waals surface area contributed by atoms with Crippen LogP contribution in [0, 0.1) is 11.2 Å². The third-order valence-electron chi connectivity index (χ3n) is 2.04. The van der Waals surface area contributed by atoms with E-state index < -0.39 is 17.6 Å². The number of benzene rings is 1. The molecule has 0 saturated heterocycles. The number of carbonyl (C=O) groups is 1. The van der Waals surface area contributed by atoms with Crippen LogP contribution in [-0.2, 0) is 4.79 Å². The fraction of sp³-hybridized carbons (Fsp3) is 0.200. The van der Waals surface area contributed by atoms with Gasteiger partial charge in [0.2, 0.25) is 0 Å². The van der Waals surface area contributed by atoms with E-state index in [1.54, 1.807) is 0 Å². The zero-order valence-electron chi connectivity index (χ0n) is 8.70. The Morgan fingerprint density at radius 3 is 2.75 bits per heavy atom. The Bertz CT molecular complexity index is 434. The summed E-state index contributed by atoms with van der Waals surface area (Å²) in [5, 5.41) is 15.9. The van der Waals surface area contributed by atoms with Crippen molar-refractivity contribution in [2.75, 3.05) is 18.5 Å². The zero-order chi connectivity index (χ0) is 12.3. The minimum absolute atomic E-state index is 0.0775. The van der Waals surface area contributed by atoms with Crippen molar-refractivity contribution >= 4 is 17.5 Å². The molecule has 0 bridgehead atoms. The van der Waals surface area contributed by atoms with E-state index in [2.05, 4.69) is 0 Å². The van der Waals surface area contributed by atoms with Crippen LogP contribution in [0.25, 0.3) is 0 Å². The number of hydrogen-bond acceptors (Lipinski definition) is 3. The Morgan fingerprint density at radius 2 is 2.25 bits per heavy atom. The molecule has 0 aliphatic rings. The van der Waals surface area contributed by atoms with Gasteiger partial charge < -0.3 is 15.7 Å². The Hall–Kier alpha value is -2.11. The van der Waals surface area contributed by atoms with Gasteiger partial charge in [-0.2, -0.15) is 0 Å². The third kappa shape index (κ3) is 2.47. The largest absolute Gasteiger partial charge is 0.480 e. The fourth-order valence-corrected chi connectivity index (χ4v) is 1.39. The number of nitrogens with one attached hydrogen (secondary N) is 1. The van der Waals surface area contributed by atoms with Crippen LogP contribution >= 0.6 is 0 Å². The quantitative estimate of drug-likeness (QED) is 0.517. The fourth-order valence-electron chi connectivity index (χ4n) is 1.39. The van der Waals surface area contributed by atoms with Gasteiger partial charge in [-0.25, -0.2) is 4.39 Å². The number of aliphatic carboxylic acids is 1. The van der Waals surface area contributed by atoms with Crippen molar-refractivity contribution in [3.63, 3.8) is 0 Å². The summed E-state index contributed by atoms with van der Waals surface area (Å²) in [6.45, 7) is -0.288. The van der Waals surface area contributed by atoms with E-state index in [4.69, 9.17) is 16.2 Å². The van der Waals surface area contributed by atoms with Crippen LogP contribution in [0.4, 0.5) is 10.1 Å². The first-order valence-electron chi connectivity index (χ1n) is 4.49. The number of carboxylic acid groups (broad SMARTS) is 1. The van der Waals surface area contributed by atoms with E-state index in [-0.39, 0.29) is 17.8 Å². The molecule has 0 aromatic heterocycles. The maximum Gasteiger partial charge on any atom is 0.323 e. The second-order valence-electron chi connectivity index (χ2n) is 3.30. The Balaban J connectivity index is 3.17. The topological polar surface area (TPSA) is 90.4 Å². The van der Waals surface area contributed by atoms with E-state index in [9.17, 15) is 9.18 Å². The lowest BCUT2D eigenvalue weighted by Crippen LogP contribution is -2.28. The number of nitrogens with zero attached hydrogens (tertiary/aromatic N) is 1. The van der Waals surface area contributed by atoms with Crippen LogP contribution < -0.4 is 10.6 Å². The monoisotopic (exact) mass is 225 g/mol. The summed E-state index contributed by atoms with van der Waals surface area (Å²) in [4.78, 5) is 11.9. The molecule has 0 heterocycles. The van der Waals surface area contributed by atoms with Crippen LogP contribution in [0.2, 0.25) is 0 Å². The van der Waals surface area contributed by atoms with Gasteiger partial charge in [-0.15, -0.1) is 0 Å². The zero-order valence-corrected chi connectivity index (χ0v) is 8.70. The second kappa shape index (κ2) is 4.61. The van der Waals surface area contributed by atoms with Crippen molar-refractivity contribution < 1.29 is 14.3 Å². The Morgan fingerprint density at radius 1 is 1.62 bits per heavy atom. The smallest absolute Gasteiger partial charge is 0.323 e. The third-order valence-corrected chi connectivity index (χ3v) is 2.04. The molecule has 0 aliphatic carbocycles. The molecule has 4 N–H and O–H groups in total. The lowest BCUT2D eigenvalue weighted by atomic mass is 10.1. The molecule has 0 unspecified atom stereocenters. The first-order valence-corrected chi connectivity index (χ1v) is 4.49. The highest BCUT2D eigenvalue weighted by molar-refractivity contribution is 6.01. The molecular weight excluding hydrogens is 213 g/mol. The minimum Gasteiger partial charge on any atom is -0.480 e. The number of hydrogen-bond donors (Lipinski definition) is 3. The van der Waals surface area contributed by atoms with Gasteiger partial charge in [0.1, 0.15) is 18.2 Å². The summed E-state index contributed by atoms with van der Waals surface area (Å²) in [6, 6.07) is 4.13. The lowest BCUT2D eigenvalue weighted by Gasteiger charge is -2.20. The van der Waals surface area contributed by atoms with E-state index in [0.29, 0.717) is 0 Å². The maximum atomic E-state index is 13.4. The lowest BCUT2D eigenvalue weighted by molar-refractivity contribution is -0.135. The second-order valence-corrected chi connectivity index (χ2v) is 3.30. The molecule has 16 heavy (non-hydrogen) atoms. The predicted octanol–water partition coefficient (Wildman–Crippen LogP) is 0.631. The molecule has 0 saturated carbocycles. The molecule has 6 heteroatoms. The normalized spacial score (nSPS) is 9.88.